The van der Waals surface area contributed by atoms with Crippen molar-refractivity contribution in [3.05, 3.63) is 28.8 Å². The summed E-state index contributed by atoms with van der Waals surface area (Å²) >= 11 is 0. The van der Waals surface area contributed by atoms with Crippen molar-refractivity contribution < 1.29 is 33.6 Å². The standard InChI is InChI=1S/C26H45NO7/c1-25(2,3)21-18-20(19-22(26(4,5)6)23(21)34-24(28)29)8-7-10-30-12-14-32-16-17-33-15-13-31-11-9-27/h18-19H,7-17,27H2,1-6H3,(H,28,29). The summed E-state index contributed by atoms with van der Waals surface area (Å²) in [6, 6.07) is 4.13. The summed E-state index contributed by atoms with van der Waals surface area (Å²) in [4.78, 5) is 11.4. The Bertz CT molecular complexity index is 688. The van der Waals surface area contributed by atoms with E-state index in [1.54, 1.807) is 0 Å². The Kier molecular flexibility index (Phi) is 13.7. The molecule has 0 heterocycles. The lowest BCUT2D eigenvalue weighted by Crippen LogP contribution is -2.22. The Balaban J connectivity index is 2.47. The smallest absolute Gasteiger partial charge is 0.449 e. The molecule has 0 radical (unpaired) electrons. The topological polar surface area (TPSA) is 109 Å². The minimum absolute atomic E-state index is 0.254. The van der Waals surface area contributed by atoms with Gasteiger partial charge in [-0.3, -0.25) is 0 Å². The number of rotatable bonds is 16. The van der Waals surface area contributed by atoms with Gasteiger partial charge in [0.15, 0.2) is 0 Å². The number of carbonyl (C=O) groups is 1. The predicted octanol–water partition coefficient (Wildman–Crippen LogP) is 4.30. The number of hydrogen-bond acceptors (Lipinski definition) is 7. The zero-order valence-electron chi connectivity index (χ0n) is 21.9. The van der Waals surface area contributed by atoms with Crippen LogP contribution >= 0.6 is 0 Å². The Morgan fingerprint density at radius 1 is 0.765 bits per heavy atom. The first-order valence-corrected chi connectivity index (χ1v) is 12.1. The third kappa shape index (κ3) is 12.1. The van der Waals surface area contributed by atoms with Gasteiger partial charge in [0.05, 0.1) is 46.2 Å². The maximum Gasteiger partial charge on any atom is 0.511 e. The lowest BCUT2D eigenvalue weighted by Gasteiger charge is -2.29. The second kappa shape index (κ2) is 15.3. The van der Waals surface area contributed by atoms with Crippen LogP contribution in [-0.2, 0) is 36.2 Å². The second-order valence-electron chi connectivity index (χ2n) is 10.2. The van der Waals surface area contributed by atoms with Gasteiger partial charge in [0.25, 0.3) is 0 Å². The minimum Gasteiger partial charge on any atom is -0.449 e. The lowest BCUT2D eigenvalue weighted by molar-refractivity contribution is -0.00118. The van der Waals surface area contributed by atoms with Gasteiger partial charge >= 0.3 is 6.16 Å². The van der Waals surface area contributed by atoms with E-state index < -0.39 is 6.16 Å². The van der Waals surface area contributed by atoms with Gasteiger partial charge in [-0.2, -0.15) is 0 Å². The fraction of sp³-hybridized carbons (Fsp3) is 0.731. The summed E-state index contributed by atoms with van der Waals surface area (Å²) < 4.78 is 27.1. The van der Waals surface area contributed by atoms with E-state index in [1.807, 2.05) is 0 Å². The molecule has 3 N–H and O–H groups in total. The van der Waals surface area contributed by atoms with Crippen LogP contribution in [0.2, 0.25) is 0 Å². The molecular weight excluding hydrogens is 438 g/mol. The zero-order valence-corrected chi connectivity index (χ0v) is 21.9. The molecule has 0 aromatic heterocycles. The maximum absolute atomic E-state index is 11.4. The van der Waals surface area contributed by atoms with E-state index >= 15 is 0 Å². The van der Waals surface area contributed by atoms with Crippen molar-refractivity contribution in [1.82, 2.24) is 0 Å². The highest BCUT2D eigenvalue weighted by atomic mass is 16.7. The Morgan fingerprint density at radius 2 is 1.18 bits per heavy atom. The fourth-order valence-corrected chi connectivity index (χ4v) is 3.37. The van der Waals surface area contributed by atoms with Gasteiger partial charge in [-0.05, 0) is 29.2 Å². The quantitative estimate of drug-likeness (QED) is 0.204. The van der Waals surface area contributed by atoms with Crippen molar-refractivity contribution >= 4 is 6.16 Å². The summed E-state index contributed by atoms with van der Waals surface area (Å²) in [7, 11) is 0. The molecule has 0 aliphatic heterocycles. The summed E-state index contributed by atoms with van der Waals surface area (Å²) in [5.74, 6) is 0.455. The van der Waals surface area contributed by atoms with Crippen molar-refractivity contribution in [2.75, 3.05) is 59.4 Å². The van der Waals surface area contributed by atoms with Crippen molar-refractivity contribution in [3.63, 3.8) is 0 Å². The molecule has 0 bridgehead atoms. The molecule has 8 nitrogen and oxygen atoms in total. The van der Waals surface area contributed by atoms with Gasteiger partial charge in [-0.25, -0.2) is 4.79 Å². The van der Waals surface area contributed by atoms with E-state index in [2.05, 4.69) is 53.7 Å². The molecule has 0 aliphatic carbocycles. The molecule has 1 aromatic rings. The largest absolute Gasteiger partial charge is 0.511 e. The van der Waals surface area contributed by atoms with Gasteiger partial charge in [0, 0.05) is 24.3 Å². The third-order valence-corrected chi connectivity index (χ3v) is 5.09. The van der Waals surface area contributed by atoms with Crippen LogP contribution in [0.1, 0.15) is 64.7 Å². The lowest BCUT2D eigenvalue weighted by atomic mass is 9.78. The first kappa shape index (κ1) is 30.3. The first-order valence-electron chi connectivity index (χ1n) is 12.1. The Hall–Kier alpha value is -1.71. The van der Waals surface area contributed by atoms with Crippen LogP contribution in [0.3, 0.4) is 0 Å². The number of aryl methyl sites for hydroxylation is 1. The number of carboxylic acid groups (broad SMARTS) is 1. The SMILES string of the molecule is CC(C)(C)c1cc(CCCOCCOCCOCCOCCN)cc(C(C)(C)C)c1OC(=O)O. The number of nitrogens with two attached hydrogens (primary N) is 1. The molecule has 196 valence electrons. The molecule has 0 fully saturated rings. The average molecular weight is 484 g/mol. The summed E-state index contributed by atoms with van der Waals surface area (Å²) in [5, 5.41) is 9.30. The monoisotopic (exact) mass is 483 g/mol. The number of benzene rings is 1. The van der Waals surface area contributed by atoms with Gasteiger partial charge in [0.2, 0.25) is 0 Å². The van der Waals surface area contributed by atoms with E-state index in [0.717, 1.165) is 29.5 Å². The highest BCUT2D eigenvalue weighted by Gasteiger charge is 2.29. The number of ether oxygens (including phenoxy) is 5. The third-order valence-electron chi connectivity index (χ3n) is 5.09. The van der Waals surface area contributed by atoms with Crippen LogP contribution in [0, 0.1) is 0 Å². The minimum atomic E-state index is -1.29. The summed E-state index contributed by atoms with van der Waals surface area (Å²) in [5.41, 5.74) is 7.79. The zero-order chi connectivity index (χ0) is 25.6. The predicted molar refractivity (Wildman–Crippen MR) is 133 cm³/mol. The molecule has 8 heteroatoms. The van der Waals surface area contributed by atoms with Crippen LogP contribution in [0.5, 0.6) is 5.75 Å². The van der Waals surface area contributed by atoms with Crippen LogP contribution in [0.25, 0.3) is 0 Å². The first-order chi connectivity index (χ1) is 16.0. The molecule has 0 spiro atoms. The van der Waals surface area contributed by atoms with Gasteiger partial charge in [0.1, 0.15) is 5.75 Å². The van der Waals surface area contributed by atoms with E-state index in [4.69, 9.17) is 29.4 Å². The van der Waals surface area contributed by atoms with Crippen molar-refractivity contribution in [1.29, 1.82) is 0 Å². The van der Waals surface area contributed by atoms with Crippen molar-refractivity contribution in [2.45, 2.75) is 65.2 Å². The molecular formula is C26H45NO7. The van der Waals surface area contributed by atoms with Gasteiger partial charge in [-0.1, -0.05) is 53.7 Å². The average Bonchev–Trinajstić information content (AvgIpc) is 2.72. The molecule has 0 saturated heterocycles. The molecule has 34 heavy (non-hydrogen) atoms. The number of hydrogen-bond donors (Lipinski definition) is 2. The molecule has 0 atom stereocenters. The van der Waals surface area contributed by atoms with Crippen molar-refractivity contribution in [2.24, 2.45) is 5.73 Å². The summed E-state index contributed by atoms with van der Waals surface area (Å²) in [6.07, 6.45) is 0.404. The molecule has 0 unspecified atom stereocenters. The van der Waals surface area contributed by atoms with E-state index in [9.17, 15) is 9.90 Å². The molecule has 0 amide bonds. The van der Waals surface area contributed by atoms with Crippen molar-refractivity contribution in [3.8, 4) is 5.75 Å². The Labute approximate surface area is 205 Å². The van der Waals surface area contributed by atoms with Crippen LogP contribution in [-0.4, -0.2) is 70.7 Å². The molecule has 1 aromatic carbocycles. The van der Waals surface area contributed by atoms with Crippen LogP contribution in [0.4, 0.5) is 4.79 Å². The van der Waals surface area contributed by atoms with E-state index in [-0.39, 0.29) is 10.8 Å². The fourth-order valence-electron chi connectivity index (χ4n) is 3.37. The van der Waals surface area contributed by atoms with Gasteiger partial charge < -0.3 is 34.5 Å². The highest BCUT2D eigenvalue weighted by molar-refractivity contribution is 5.65. The Morgan fingerprint density at radius 3 is 1.56 bits per heavy atom. The molecule has 0 aliphatic rings. The highest BCUT2D eigenvalue weighted by Crippen LogP contribution is 2.41. The van der Waals surface area contributed by atoms with Crippen LogP contribution in [0.15, 0.2) is 12.1 Å². The summed E-state index contributed by atoms with van der Waals surface area (Å²) in [6.45, 7) is 17.3. The molecule has 1 rings (SSSR count). The normalized spacial score (nSPS) is 12.2. The van der Waals surface area contributed by atoms with E-state index in [1.165, 1.54) is 0 Å². The van der Waals surface area contributed by atoms with Crippen LogP contribution < -0.4 is 10.5 Å². The molecule has 0 saturated carbocycles. The van der Waals surface area contributed by atoms with E-state index in [0.29, 0.717) is 65.1 Å². The van der Waals surface area contributed by atoms with Gasteiger partial charge in [-0.15, -0.1) is 0 Å². The maximum atomic E-state index is 11.4. The second-order valence-corrected chi connectivity index (χ2v) is 10.2.